The Morgan fingerprint density at radius 1 is 1.19 bits per heavy atom. The minimum absolute atomic E-state index is 0.101. The Morgan fingerprint density at radius 3 is 2.92 bits per heavy atom. The lowest BCUT2D eigenvalue weighted by Crippen LogP contribution is -2.37. The van der Waals surface area contributed by atoms with Crippen molar-refractivity contribution in [2.45, 2.75) is 18.4 Å². The number of nitrogens with one attached hydrogen (secondary N) is 1. The van der Waals surface area contributed by atoms with E-state index in [9.17, 15) is 10.1 Å². The van der Waals surface area contributed by atoms with Crippen LogP contribution in [0.4, 0.5) is 5.69 Å². The minimum atomic E-state index is -0.456. The second kappa shape index (κ2) is 5.45. The molecule has 2 aliphatic rings. The van der Waals surface area contributed by atoms with Crippen molar-refractivity contribution in [1.82, 2.24) is 9.30 Å². The molecule has 2 aromatic heterocycles. The van der Waals surface area contributed by atoms with Crippen molar-refractivity contribution in [3.63, 3.8) is 0 Å². The number of nitriles is 1. The van der Waals surface area contributed by atoms with Crippen LogP contribution in [0.2, 0.25) is 0 Å². The molecular weight excluding hydrogens is 324 g/mol. The molecule has 0 radical (unpaired) electrons. The summed E-state index contributed by atoms with van der Waals surface area (Å²) in [5.41, 5.74) is 4.26. The number of carbonyl (C=O) groups excluding carboxylic acids is 1. The van der Waals surface area contributed by atoms with Crippen LogP contribution in [-0.2, 0) is 16.8 Å². The first-order valence-corrected chi connectivity index (χ1v) is 8.83. The number of anilines is 1. The van der Waals surface area contributed by atoms with Crippen LogP contribution >= 0.6 is 0 Å². The number of carbonyl (C=O) groups is 1. The Balaban J connectivity index is 1.46. The first-order valence-electron chi connectivity index (χ1n) is 8.83. The van der Waals surface area contributed by atoms with Crippen LogP contribution < -0.4 is 5.32 Å². The third-order valence-corrected chi connectivity index (χ3v) is 5.74. The van der Waals surface area contributed by atoms with Crippen molar-refractivity contribution < 1.29 is 4.79 Å². The molecule has 1 amide bonds. The smallest absolute Gasteiger partial charge is 0.236 e. The SMILES string of the molecule is N#Cc1c(CN2CCC3(C2)C(=O)Nc2ccccc23)cn2ccccc12. The van der Waals surface area contributed by atoms with E-state index in [0.29, 0.717) is 13.1 Å². The summed E-state index contributed by atoms with van der Waals surface area (Å²) in [7, 11) is 0. The van der Waals surface area contributed by atoms with Gasteiger partial charge in [0.25, 0.3) is 0 Å². The number of aromatic nitrogens is 1. The number of amides is 1. The Labute approximate surface area is 151 Å². The van der Waals surface area contributed by atoms with Crippen molar-refractivity contribution >= 4 is 17.1 Å². The van der Waals surface area contributed by atoms with E-state index in [0.717, 1.165) is 40.9 Å². The fourth-order valence-corrected chi connectivity index (χ4v) is 4.47. The normalized spacial score (nSPS) is 21.9. The van der Waals surface area contributed by atoms with E-state index >= 15 is 0 Å². The maximum absolute atomic E-state index is 12.7. The van der Waals surface area contributed by atoms with Gasteiger partial charge in [-0.2, -0.15) is 5.26 Å². The van der Waals surface area contributed by atoms with Gasteiger partial charge in [0.2, 0.25) is 5.91 Å². The van der Waals surface area contributed by atoms with Crippen LogP contribution in [0.5, 0.6) is 0 Å². The number of para-hydroxylation sites is 1. The fourth-order valence-electron chi connectivity index (χ4n) is 4.47. The molecule has 1 saturated heterocycles. The zero-order valence-corrected chi connectivity index (χ0v) is 14.3. The highest BCUT2D eigenvalue weighted by molar-refractivity contribution is 6.06. The molecule has 4 heterocycles. The number of likely N-dealkylation sites (tertiary alicyclic amines) is 1. The van der Waals surface area contributed by atoms with Gasteiger partial charge in [0.1, 0.15) is 6.07 Å². The summed E-state index contributed by atoms with van der Waals surface area (Å²) in [5.74, 6) is 0.101. The predicted octanol–water partition coefficient (Wildman–Crippen LogP) is 2.91. The molecule has 5 heteroatoms. The van der Waals surface area contributed by atoms with Crippen LogP contribution in [0.3, 0.4) is 0 Å². The third kappa shape index (κ3) is 2.03. The van der Waals surface area contributed by atoms with Gasteiger partial charge >= 0.3 is 0 Å². The predicted molar refractivity (Wildman–Crippen MR) is 98.8 cm³/mol. The first-order chi connectivity index (χ1) is 12.7. The monoisotopic (exact) mass is 342 g/mol. The van der Waals surface area contributed by atoms with Gasteiger partial charge in [-0.3, -0.25) is 9.69 Å². The van der Waals surface area contributed by atoms with Gasteiger partial charge in [0, 0.05) is 36.7 Å². The molecule has 5 nitrogen and oxygen atoms in total. The zero-order valence-electron chi connectivity index (χ0n) is 14.3. The topological polar surface area (TPSA) is 60.5 Å². The lowest BCUT2D eigenvalue weighted by Gasteiger charge is -2.22. The van der Waals surface area contributed by atoms with E-state index in [4.69, 9.17) is 0 Å². The highest BCUT2D eigenvalue weighted by atomic mass is 16.2. The fraction of sp³-hybridized carbons (Fsp3) is 0.238. The van der Waals surface area contributed by atoms with Crippen molar-refractivity contribution in [2.75, 3.05) is 18.4 Å². The Hall–Kier alpha value is -3.10. The summed E-state index contributed by atoms with van der Waals surface area (Å²) in [6.45, 7) is 2.22. The van der Waals surface area contributed by atoms with Gasteiger partial charge < -0.3 is 9.72 Å². The first kappa shape index (κ1) is 15.2. The van der Waals surface area contributed by atoms with E-state index in [1.807, 2.05) is 53.2 Å². The molecule has 1 N–H and O–H groups in total. The minimum Gasteiger partial charge on any atom is -0.325 e. The van der Waals surface area contributed by atoms with Gasteiger partial charge in [0.05, 0.1) is 16.5 Å². The number of rotatable bonds is 2. The zero-order chi connectivity index (χ0) is 17.7. The molecule has 1 atom stereocenters. The average Bonchev–Trinajstić information content (AvgIpc) is 3.31. The van der Waals surface area contributed by atoms with E-state index in [1.165, 1.54) is 0 Å². The standard InChI is InChI=1S/C21H18N4O/c22-11-16-15(13-25-9-4-3-7-19(16)25)12-24-10-8-21(14-24)17-5-1-2-6-18(17)23-20(21)26/h1-7,9,13H,8,10,12,14H2,(H,23,26). The highest BCUT2D eigenvalue weighted by Crippen LogP contribution is 2.44. The third-order valence-electron chi connectivity index (χ3n) is 5.74. The largest absolute Gasteiger partial charge is 0.325 e. The second-order valence-corrected chi connectivity index (χ2v) is 7.18. The molecule has 0 aliphatic carbocycles. The summed E-state index contributed by atoms with van der Waals surface area (Å²) >= 11 is 0. The molecular formula is C21H18N4O. The molecule has 2 aliphatic heterocycles. The molecule has 0 saturated carbocycles. The molecule has 3 aromatic rings. The quantitative estimate of drug-likeness (QED) is 0.779. The summed E-state index contributed by atoms with van der Waals surface area (Å²) in [6.07, 6.45) is 4.80. The number of hydrogen-bond acceptors (Lipinski definition) is 3. The van der Waals surface area contributed by atoms with E-state index in [2.05, 4.69) is 22.4 Å². The Morgan fingerprint density at radius 2 is 2.04 bits per heavy atom. The van der Waals surface area contributed by atoms with Crippen LogP contribution in [0.15, 0.2) is 54.9 Å². The van der Waals surface area contributed by atoms with Crippen LogP contribution in [-0.4, -0.2) is 28.3 Å². The second-order valence-electron chi connectivity index (χ2n) is 7.18. The molecule has 1 unspecified atom stereocenters. The number of pyridine rings is 1. The summed E-state index contributed by atoms with van der Waals surface area (Å²) in [5, 5.41) is 12.6. The number of fused-ring (bicyclic) bond motifs is 3. The van der Waals surface area contributed by atoms with E-state index in [-0.39, 0.29) is 5.91 Å². The number of hydrogen-bond donors (Lipinski definition) is 1. The van der Waals surface area contributed by atoms with Gasteiger partial charge in [-0.1, -0.05) is 24.3 Å². The molecule has 26 heavy (non-hydrogen) atoms. The Kier molecular flexibility index (Phi) is 3.18. The maximum Gasteiger partial charge on any atom is 0.236 e. The van der Waals surface area contributed by atoms with Crippen molar-refractivity contribution in [1.29, 1.82) is 5.26 Å². The molecule has 128 valence electrons. The molecule has 1 aromatic carbocycles. The van der Waals surface area contributed by atoms with Crippen molar-refractivity contribution in [3.05, 3.63) is 71.5 Å². The van der Waals surface area contributed by atoms with Gasteiger partial charge in [-0.25, -0.2) is 0 Å². The van der Waals surface area contributed by atoms with Crippen LogP contribution in [0, 0.1) is 11.3 Å². The lowest BCUT2D eigenvalue weighted by molar-refractivity contribution is -0.120. The van der Waals surface area contributed by atoms with Crippen LogP contribution in [0.1, 0.15) is 23.1 Å². The summed E-state index contributed by atoms with van der Waals surface area (Å²) in [4.78, 5) is 15.0. The van der Waals surface area contributed by atoms with Gasteiger partial charge in [-0.05, 0) is 36.7 Å². The molecule has 1 spiro atoms. The average molecular weight is 342 g/mol. The van der Waals surface area contributed by atoms with Crippen molar-refractivity contribution in [2.24, 2.45) is 0 Å². The molecule has 5 rings (SSSR count). The van der Waals surface area contributed by atoms with E-state index in [1.54, 1.807) is 0 Å². The van der Waals surface area contributed by atoms with E-state index < -0.39 is 5.41 Å². The molecule has 1 fully saturated rings. The number of benzene rings is 1. The van der Waals surface area contributed by atoms with Crippen LogP contribution in [0.25, 0.3) is 5.52 Å². The van der Waals surface area contributed by atoms with Gasteiger partial charge in [0.15, 0.2) is 0 Å². The lowest BCUT2D eigenvalue weighted by atomic mass is 9.81. The van der Waals surface area contributed by atoms with Gasteiger partial charge in [-0.15, -0.1) is 0 Å². The number of nitrogens with zero attached hydrogens (tertiary/aromatic N) is 3. The summed E-state index contributed by atoms with van der Waals surface area (Å²) in [6, 6.07) is 16.2. The van der Waals surface area contributed by atoms with Crippen molar-refractivity contribution in [3.8, 4) is 6.07 Å². The maximum atomic E-state index is 12.7. The highest BCUT2D eigenvalue weighted by Gasteiger charge is 2.50. The molecule has 0 bridgehead atoms. The Bertz CT molecular complexity index is 1080. The summed E-state index contributed by atoms with van der Waals surface area (Å²) < 4.78 is 2.00.